The molecule has 2 rings (SSSR count). The zero-order valence-electron chi connectivity index (χ0n) is 12.4. The molecule has 0 amide bonds. The van der Waals surface area contributed by atoms with Gasteiger partial charge in [0.1, 0.15) is 22.8 Å². The SMILES string of the molecule is CCC1(C)CC(NC)c2c(OC)cc(OC)cc2O1. The number of methoxy groups -OCH3 is 2. The van der Waals surface area contributed by atoms with E-state index in [0.29, 0.717) is 0 Å². The van der Waals surface area contributed by atoms with E-state index in [9.17, 15) is 0 Å². The van der Waals surface area contributed by atoms with Crippen LogP contribution in [0.3, 0.4) is 0 Å². The summed E-state index contributed by atoms with van der Waals surface area (Å²) >= 11 is 0. The summed E-state index contributed by atoms with van der Waals surface area (Å²) in [5.41, 5.74) is 0.926. The van der Waals surface area contributed by atoms with E-state index in [1.807, 2.05) is 19.2 Å². The molecule has 0 bridgehead atoms. The van der Waals surface area contributed by atoms with Gasteiger partial charge in [0, 0.05) is 24.6 Å². The Bertz CT molecular complexity index is 461. The van der Waals surface area contributed by atoms with Crippen LogP contribution in [0.5, 0.6) is 17.2 Å². The third kappa shape index (κ3) is 2.50. The molecule has 0 spiro atoms. The number of hydrogen-bond donors (Lipinski definition) is 1. The topological polar surface area (TPSA) is 39.7 Å². The van der Waals surface area contributed by atoms with Crippen molar-refractivity contribution in [1.29, 1.82) is 0 Å². The number of nitrogens with one attached hydrogen (secondary N) is 1. The molecule has 1 aliphatic rings. The third-order valence-corrected chi connectivity index (χ3v) is 3.97. The number of fused-ring (bicyclic) bond motifs is 1. The maximum absolute atomic E-state index is 6.19. The summed E-state index contributed by atoms with van der Waals surface area (Å²) < 4.78 is 17.0. The molecule has 1 aromatic rings. The Kier molecular flexibility index (Phi) is 3.90. The molecule has 0 aliphatic carbocycles. The zero-order chi connectivity index (χ0) is 14.0. The van der Waals surface area contributed by atoms with Gasteiger partial charge in [-0.1, -0.05) is 6.92 Å². The average molecular weight is 265 g/mol. The molecule has 1 aromatic carbocycles. The Morgan fingerprint density at radius 3 is 2.63 bits per heavy atom. The largest absolute Gasteiger partial charge is 0.496 e. The minimum Gasteiger partial charge on any atom is -0.496 e. The molecule has 4 heteroatoms. The second-order valence-corrected chi connectivity index (χ2v) is 5.19. The normalized spacial score (nSPS) is 25.4. The molecule has 0 fully saturated rings. The van der Waals surface area contributed by atoms with Gasteiger partial charge in [-0.2, -0.15) is 0 Å². The lowest BCUT2D eigenvalue weighted by molar-refractivity contribution is 0.0441. The van der Waals surface area contributed by atoms with Gasteiger partial charge in [0.2, 0.25) is 0 Å². The van der Waals surface area contributed by atoms with Crippen LogP contribution in [0.15, 0.2) is 12.1 Å². The molecule has 4 nitrogen and oxygen atoms in total. The van der Waals surface area contributed by atoms with E-state index in [1.165, 1.54) is 0 Å². The van der Waals surface area contributed by atoms with Crippen LogP contribution in [0, 0.1) is 0 Å². The molecule has 1 heterocycles. The van der Waals surface area contributed by atoms with E-state index in [1.54, 1.807) is 14.2 Å². The molecule has 0 saturated heterocycles. The van der Waals surface area contributed by atoms with Crippen LogP contribution < -0.4 is 19.5 Å². The van der Waals surface area contributed by atoms with Gasteiger partial charge in [-0.25, -0.2) is 0 Å². The molecule has 0 radical (unpaired) electrons. The van der Waals surface area contributed by atoms with Gasteiger partial charge < -0.3 is 19.5 Å². The highest BCUT2D eigenvalue weighted by molar-refractivity contribution is 5.53. The van der Waals surface area contributed by atoms with E-state index in [2.05, 4.69) is 19.2 Å². The van der Waals surface area contributed by atoms with Crippen molar-refractivity contribution < 1.29 is 14.2 Å². The summed E-state index contributed by atoms with van der Waals surface area (Å²) in [6.45, 7) is 4.29. The van der Waals surface area contributed by atoms with Gasteiger partial charge in [-0.05, 0) is 20.4 Å². The first-order chi connectivity index (χ1) is 9.06. The summed E-state index contributed by atoms with van der Waals surface area (Å²) in [6, 6.07) is 4.07. The molecule has 106 valence electrons. The van der Waals surface area contributed by atoms with Crippen LogP contribution in [0.1, 0.15) is 38.3 Å². The van der Waals surface area contributed by atoms with Gasteiger partial charge in [-0.15, -0.1) is 0 Å². The Balaban J connectivity index is 2.54. The number of hydrogen-bond acceptors (Lipinski definition) is 4. The van der Waals surface area contributed by atoms with Crippen LogP contribution in [-0.4, -0.2) is 26.9 Å². The first kappa shape index (κ1) is 14.0. The van der Waals surface area contributed by atoms with E-state index in [-0.39, 0.29) is 11.6 Å². The van der Waals surface area contributed by atoms with Crippen molar-refractivity contribution in [1.82, 2.24) is 5.32 Å². The monoisotopic (exact) mass is 265 g/mol. The Morgan fingerprint density at radius 1 is 1.37 bits per heavy atom. The quantitative estimate of drug-likeness (QED) is 0.908. The highest BCUT2D eigenvalue weighted by Gasteiger charge is 2.37. The highest BCUT2D eigenvalue weighted by atomic mass is 16.5. The molecular formula is C15H23NO3. The molecule has 19 heavy (non-hydrogen) atoms. The van der Waals surface area contributed by atoms with Crippen LogP contribution in [0.4, 0.5) is 0 Å². The van der Waals surface area contributed by atoms with Gasteiger partial charge in [0.25, 0.3) is 0 Å². The van der Waals surface area contributed by atoms with Crippen LogP contribution in [-0.2, 0) is 0 Å². The summed E-state index contributed by atoms with van der Waals surface area (Å²) in [6.07, 6.45) is 1.89. The lowest BCUT2D eigenvalue weighted by Gasteiger charge is -2.40. The van der Waals surface area contributed by atoms with Crippen molar-refractivity contribution in [2.45, 2.75) is 38.3 Å². The minimum atomic E-state index is -0.155. The third-order valence-electron chi connectivity index (χ3n) is 3.97. The summed E-state index contributed by atoms with van der Waals surface area (Å²) in [5, 5.41) is 3.36. The molecule has 0 saturated carbocycles. The van der Waals surface area contributed by atoms with Crippen LogP contribution >= 0.6 is 0 Å². The van der Waals surface area contributed by atoms with Crippen molar-refractivity contribution in [2.24, 2.45) is 0 Å². The van der Waals surface area contributed by atoms with E-state index in [4.69, 9.17) is 14.2 Å². The Hall–Kier alpha value is -1.42. The smallest absolute Gasteiger partial charge is 0.132 e. The fraction of sp³-hybridized carbons (Fsp3) is 0.600. The molecule has 1 N–H and O–H groups in total. The van der Waals surface area contributed by atoms with E-state index in [0.717, 1.165) is 35.7 Å². The van der Waals surface area contributed by atoms with Gasteiger partial charge >= 0.3 is 0 Å². The summed E-state index contributed by atoms with van der Waals surface area (Å²) in [5.74, 6) is 2.42. The second kappa shape index (κ2) is 5.29. The zero-order valence-corrected chi connectivity index (χ0v) is 12.4. The molecule has 2 atom stereocenters. The average Bonchev–Trinajstić information content (AvgIpc) is 2.44. The number of benzene rings is 1. The maximum atomic E-state index is 6.19. The highest BCUT2D eigenvalue weighted by Crippen LogP contribution is 2.47. The second-order valence-electron chi connectivity index (χ2n) is 5.19. The summed E-state index contributed by atoms with van der Waals surface area (Å²) in [4.78, 5) is 0. The maximum Gasteiger partial charge on any atom is 0.132 e. The number of rotatable bonds is 4. The van der Waals surface area contributed by atoms with Gasteiger partial charge in [-0.3, -0.25) is 0 Å². The van der Waals surface area contributed by atoms with Crippen molar-refractivity contribution in [3.8, 4) is 17.2 Å². The van der Waals surface area contributed by atoms with Crippen molar-refractivity contribution in [3.63, 3.8) is 0 Å². The predicted octanol–water partition coefficient (Wildman–Crippen LogP) is 2.92. The molecule has 0 aromatic heterocycles. The van der Waals surface area contributed by atoms with Crippen LogP contribution in [0.2, 0.25) is 0 Å². The standard InChI is InChI=1S/C15H23NO3/c1-6-15(2)9-11(16-3)14-12(18-5)7-10(17-4)8-13(14)19-15/h7-8,11,16H,6,9H2,1-5H3. The first-order valence-corrected chi connectivity index (χ1v) is 6.69. The van der Waals surface area contributed by atoms with Crippen molar-refractivity contribution in [2.75, 3.05) is 21.3 Å². The first-order valence-electron chi connectivity index (χ1n) is 6.69. The Labute approximate surface area is 115 Å². The fourth-order valence-corrected chi connectivity index (χ4v) is 2.60. The summed E-state index contributed by atoms with van der Waals surface area (Å²) in [7, 11) is 5.30. The molecule has 2 unspecified atom stereocenters. The lowest BCUT2D eigenvalue weighted by Crippen LogP contribution is -2.40. The fourth-order valence-electron chi connectivity index (χ4n) is 2.60. The lowest BCUT2D eigenvalue weighted by atomic mass is 9.86. The number of ether oxygens (including phenoxy) is 3. The van der Waals surface area contributed by atoms with Gasteiger partial charge in [0.15, 0.2) is 0 Å². The molecule has 1 aliphatic heterocycles. The van der Waals surface area contributed by atoms with E-state index < -0.39 is 0 Å². The Morgan fingerprint density at radius 2 is 2.11 bits per heavy atom. The van der Waals surface area contributed by atoms with E-state index >= 15 is 0 Å². The van der Waals surface area contributed by atoms with Gasteiger partial charge in [0.05, 0.1) is 19.8 Å². The molecular weight excluding hydrogens is 242 g/mol. The minimum absolute atomic E-state index is 0.155. The van der Waals surface area contributed by atoms with Crippen molar-refractivity contribution >= 4 is 0 Å². The van der Waals surface area contributed by atoms with Crippen molar-refractivity contribution in [3.05, 3.63) is 17.7 Å². The van der Waals surface area contributed by atoms with Crippen LogP contribution in [0.25, 0.3) is 0 Å². The predicted molar refractivity (Wildman–Crippen MR) is 75.3 cm³/mol.